The van der Waals surface area contributed by atoms with Gasteiger partial charge in [-0.25, -0.2) is 9.97 Å². The molecule has 0 bridgehead atoms. The van der Waals surface area contributed by atoms with E-state index in [4.69, 9.17) is 4.74 Å². The van der Waals surface area contributed by atoms with Gasteiger partial charge in [-0.15, -0.1) is 0 Å². The van der Waals surface area contributed by atoms with Crippen LogP contribution in [0.5, 0.6) is 5.75 Å². The fraction of sp³-hybridized carbons (Fsp3) is 0.241. The predicted molar refractivity (Wildman–Crippen MR) is 143 cm³/mol. The Bertz CT molecular complexity index is 1470. The highest BCUT2D eigenvalue weighted by molar-refractivity contribution is 6.04. The van der Waals surface area contributed by atoms with Crippen LogP contribution in [0, 0.1) is 18.3 Å². The van der Waals surface area contributed by atoms with Gasteiger partial charge in [0.25, 0.3) is 5.91 Å². The molecule has 0 radical (unpaired) electrons. The third kappa shape index (κ3) is 5.44. The number of carbonyl (C=O) groups is 1. The van der Waals surface area contributed by atoms with Crippen molar-refractivity contribution in [1.29, 1.82) is 5.26 Å². The molecule has 1 aromatic heterocycles. The van der Waals surface area contributed by atoms with Crippen LogP contribution < -0.4 is 15.4 Å². The molecule has 0 saturated heterocycles. The standard InChI is InChI=1S/C29H29N5O2/c1-18(2)36-23-11-12-24-26(15-23)31-17-32-27(24)34-25-14-22(10-9-19(25)3)33-28(35)20-7-6-8-21(13-20)29(4,5)16-30/h6-15,17-18H,1-5H3,(H,33,35)(H,31,32,34). The minimum absolute atomic E-state index is 0.0720. The van der Waals surface area contributed by atoms with Crippen LogP contribution in [0.15, 0.2) is 67.0 Å². The molecule has 0 aliphatic heterocycles. The predicted octanol–water partition coefficient (Wildman–Crippen LogP) is 6.52. The van der Waals surface area contributed by atoms with Crippen molar-refractivity contribution in [3.63, 3.8) is 0 Å². The molecular formula is C29H29N5O2. The quantitative estimate of drug-likeness (QED) is 0.313. The van der Waals surface area contributed by atoms with Crippen LogP contribution in [0.1, 0.15) is 49.2 Å². The van der Waals surface area contributed by atoms with E-state index in [1.54, 1.807) is 18.2 Å². The van der Waals surface area contributed by atoms with E-state index < -0.39 is 5.41 Å². The van der Waals surface area contributed by atoms with E-state index in [-0.39, 0.29) is 12.0 Å². The van der Waals surface area contributed by atoms with E-state index in [1.165, 1.54) is 6.33 Å². The van der Waals surface area contributed by atoms with Crippen molar-refractivity contribution >= 4 is 34.0 Å². The minimum Gasteiger partial charge on any atom is -0.491 e. The molecule has 4 rings (SSSR count). The maximum absolute atomic E-state index is 13.0. The van der Waals surface area contributed by atoms with Crippen molar-refractivity contribution in [2.24, 2.45) is 0 Å². The molecule has 1 heterocycles. The van der Waals surface area contributed by atoms with Gasteiger partial charge in [-0.2, -0.15) is 5.26 Å². The minimum atomic E-state index is -0.681. The number of ether oxygens (including phenoxy) is 1. The van der Waals surface area contributed by atoms with Crippen molar-refractivity contribution in [3.8, 4) is 11.8 Å². The number of hydrogen-bond donors (Lipinski definition) is 2. The molecule has 1 amide bonds. The Labute approximate surface area is 211 Å². The Morgan fingerprint density at radius 1 is 1.06 bits per heavy atom. The number of nitriles is 1. The molecule has 4 aromatic rings. The summed E-state index contributed by atoms with van der Waals surface area (Å²) in [6.07, 6.45) is 1.59. The summed E-state index contributed by atoms with van der Waals surface area (Å²) in [7, 11) is 0. The third-order valence-electron chi connectivity index (χ3n) is 5.85. The summed E-state index contributed by atoms with van der Waals surface area (Å²) < 4.78 is 5.78. The Morgan fingerprint density at radius 3 is 2.61 bits per heavy atom. The van der Waals surface area contributed by atoms with Gasteiger partial charge < -0.3 is 15.4 Å². The van der Waals surface area contributed by atoms with Crippen molar-refractivity contribution in [1.82, 2.24) is 9.97 Å². The maximum Gasteiger partial charge on any atom is 0.255 e. The number of hydrogen-bond acceptors (Lipinski definition) is 6. The molecule has 2 N–H and O–H groups in total. The van der Waals surface area contributed by atoms with Crippen LogP contribution in [0.4, 0.5) is 17.2 Å². The van der Waals surface area contributed by atoms with E-state index in [0.29, 0.717) is 17.1 Å². The Balaban J connectivity index is 1.58. The first-order valence-corrected chi connectivity index (χ1v) is 11.8. The zero-order valence-corrected chi connectivity index (χ0v) is 21.1. The fourth-order valence-corrected chi connectivity index (χ4v) is 3.76. The van der Waals surface area contributed by atoms with Crippen LogP contribution in [0.25, 0.3) is 10.9 Å². The summed E-state index contributed by atoms with van der Waals surface area (Å²) in [5.41, 5.74) is 3.83. The maximum atomic E-state index is 13.0. The Hall–Kier alpha value is -4.44. The number of aromatic nitrogens is 2. The van der Waals surface area contributed by atoms with Crippen LogP contribution in [0.2, 0.25) is 0 Å². The molecule has 0 aliphatic rings. The van der Waals surface area contributed by atoms with Gasteiger partial charge in [0.2, 0.25) is 0 Å². The van der Waals surface area contributed by atoms with Crippen molar-refractivity contribution in [3.05, 3.63) is 83.7 Å². The van der Waals surface area contributed by atoms with Crippen LogP contribution in [-0.4, -0.2) is 22.0 Å². The number of nitrogens with zero attached hydrogens (tertiary/aromatic N) is 3. The largest absolute Gasteiger partial charge is 0.491 e. The average Bonchev–Trinajstić information content (AvgIpc) is 2.85. The molecule has 3 aromatic carbocycles. The molecule has 7 nitrogen and oxygen atoms in total. The van der Waals surface area contributed by atoms with Gasteiger partial charge >= 0.3 is 0 Å². The number of benzene rings is 3. The van der Waals surface area contributed by atoms with Gasteiger partial charge in [0.05, 0.1) is 23.1 Å². The lowest BCUT2D eigenvalue weighted by Crippen LogP contribution is -2.17. The van der Waals surface area contributed by atoms with Gasteiger partial charge in [0, 0.05) is 28.4 Å². The lowest BCUT2D eigenvalue weighted by molar-refractivity contribution is 0.102. The Kier molecular flexibility index (Phi) is 6.89. The highest BCUT2D eigenvalue weighted by atomic mass is 16.5. The van der Waals surface area contributed by atoms with Gasteiger partial charge in [-0.05, 0) is 82.1 Å². The number of amides is 1. The first-order chi connectivity index (χ1) is 17.2. The zero-order chi connectivity index (χ0) is 25.9. The first kappa shape index (κ1) is 24.7. The molecule has 7 heteroatoms. The van der Waals surface area contributed by atoms with Crippen LogP contribution in [0.3, 0.4) is 0 Å². The normalized spacial score (nSPS) is 11.2. The summed E-state index contributed by atoms with van der Waals surface area (Å²) in [6, 6.07) is 20.8. The topological polar surface area (TPSA) is 99.9 Å². The molecule has 0 aliphatic carbocycles. The van der Waals surface area contributed by atoms with Gasteiger partial charge in [-0.1, -0.05) is 18.2 Å². The average molecular weight is 480 g/mol. The number of carbonyl (C=O) groups excluding carboxylic acids is 1. The van der Waals surface area contributed by atoms with Crippen LogP contribution in [-0.2, 0) is 5.41 Å². The number of anilines is 3. The van der Waals surface area contributed by atoms with Crippen LogP contribution >= 0.6 is 0 Å². The number of rotatable bonds is 7. The summed E-state index contributed by atoms with van der Waals surface area (Å²) in [6.45, 7) is 9.61. The fourth-order valence-electron chi connectivity index (χ4n) is 3.76. The molecule has 0 fully saturated rings. The second kappa shape index (κ2) is 10.0. The third-order valence-corrected chi connectivity index (χ3v) is 5.85. The molecule has 0 unspecified atom stereocenters. The summed E-state index contributed by atoms with van der Waals surface area (Å²) in [5.74, 6) is 1.17. The first-order valence-electron chi connectivity index (χ1n) is 11.8. The monoisotopic (exact) mass is 479 g/mol. The molecule has 36 heavy (non-hydrogen) atoms. The Morgan fingerprint density at radius 2 is 1.86 bits per heavy atom. The molecular weight excluding hydrogens is 450 g/mol. The molecule has 0 spiro atoms. The van der Waals surface area contributed by atoms with Crippen molar-refractivity contribution in [2.45, 2.75) is 46.1 Å². The number of aryl methyl sites for hydroxylation is 1. The molecule has 0 atom stereocenters. The lowest BCUT2D eigenvalue weighted by Gasteiger charge is -2.17. The van der Waals surface area contributed by atoms with E-state index in [2.05, 4.69) is 26.7 Å². The van der Waals surface area contributed by atoms with E-state index >= 15 is 0 Å². The van der Waals surface area contributed by atoms with Crippen molar-refractivity contribution < 1.29 is 9.53 Å². The zero-order valence-electron chi connectivity index (χ0n) is 21.1. The van der Waals surface area contributed by atoms with Gasteiger partial charge in [0.15, 0.2) is 0 Å². The second-order valence-corrected chi connectivity index (χ2v) is 9.49. The highest BCUT2D eigenvalue weighted by Gasteiger charge is 2.21. The second-order valence-electron chi connectivity index (χ2n) is 9.49. The van der Waals surface area contributed by atoms with Gasteiger partial charge in [-0.3, -0.25) is 4.79 Å². The molecule has 0 saturated carbocycles. The lowest BCUT2D eigenvalue weighted by atomic mass is 9.85. The summed E-state index contributed by atoms with van der Waals surface area (Å²) in [4.78, 5) is 21.8. The van der Waals surface area contributed by atoms with E-state index in [9.17, 15) is 10.1 Å². The smallest absolute Gasteiger partial charge is 0.255 e. The summed E-state index contributed by atoms with van der Waals surface area (Å²) in [5, 5.41) is 16.6. The van der Waals surface area contributed by atoms with Gasteiger partial charge in [0.1, 0.15) is 17.9 Å². The molecule has 182 valence electrons. The van der Waals surface area contributed by atoms with E-state index in [1.807, 2.05) is 77.1 Å². The SMILES string of the molecule is Cc1ccc(NC(=O)c2cccc(C(C)(C)C#N)c2)cc1Nc1ncnc2cc(OC(C)C)ccc12. The highest BCUT2D eigenvalue weighted by Crippen LogP contribution is 2.30. The number of nitrogens with one attached hydrogen (secondary N) is 2. The van der Waals surface area contributed by atoms with E-state index in [0.717, 1.165) is 33.5 Å². The summed E-state index contributed by atoms with van der Waals surface area (Å²) >= 11 is 0. The van der Waals surface area contributed by atoms with Crippen molar-refractivity contribution in [2.75, 3.05) is 10.6 Å². The number of fused-ring (bicyclic) bond motifs is 1.